The van der Waals surface area contributed by atoms with Crippen LogP contribution in [0.1, 0.15) is 42.4 Å². The van der Waals surface area contributed by atoms with E-state index in [0.717, 1.165) is 67.7 Å². The number of nitrogens with one attached hydrogen (secondary N) is 2. The fourth-order valence-corrected chi connectivity index (χ4v) is 5.24. The Labute approximate surface area is 215 Å². The minimum atomic E-state index is 0.414. The Kier molecular flexibility index (Phi) is 7.77. The van der Waals surface area contributed by atoms with Gasteiger partial charge < -0.3 is 15.5 Å². The average Bonchev–Trinajstić information content (AvgIpc) is 2.92. The van der Waals surface area contributed by atoms with Gasteiger partial charge in [-0.1, -0.05) is 66.7 Å². The monoisotopic (exact) mass is 479 g/mol. The van der Waals surface area contributed by atoms with Crippen LogP contribution in [-0.2, 0) is 19.4 Å². The Morgan fingerprint density at radius 2 is 1.39 bits per heavy atom. The third kappa shape index (κ3) is 6.03. The summed E-state index contributed by atoms with van der Waals surface area (Å²) in [4.78, 5) is 11.7. The lowest BCUT2D eigenvalue weighted by atomic mass is 9.91. The molecule has 186 valence electrons. The first kappa shape index (κ1) is 24.3. The molecule has 1 heterocycles. The molecule has 1 aliphatic carbocycles. The maximum atomic E-state index is 4.83. The zero-order valence-electron chi connectivity index (χ0n) is 21.5. The van der Waals surface area contributed by atoms with Crippen LogP contribution in [0, 0.1) is 0 Å². The van der Waals surface area contributed by atoms with Crippen molar-refractivity contribution in [3.05, 3.63) is 95.6 Å². The van der Waals surface area contributed by atoms with Gasteiger partial charge in [-0.25, -0.2) is 4.98 Å². The molecule has 1 saturated carbocycles. The van der Waals surface area contributed by atoms with E-state index >= 15 is 0 Å². The summed E-state index contributed by atoms with van der Waals surface area (Å²) >= 11 is 0. The minimum Gasteiger partial charge on any atom is -0.362 e. The number of aryl methyl sites for hydroxylation is 2. The molecule has 1 fully saturated rings. The second kappa shape index (κ2) is 11.5. The Balaban J connectivity index is 1.14. The zero-order chi connectivity index (χ0) is 24.7. The lowest BCUT2D eigenvalue weighted by Crippen LogP contribution is -2.37. The fraction of sp³-hybridized carbons (Fsp3) is 0.355. The van der Waals surface area contributed by atoms with Crippen molar-refractivity contribution in [2.24, 2.45) is 0 Å². The highest BCUT2D eigenvalue weighted by atomic mass is 15.2. The summed E-state index contributed by atoms with van der Waals surface area (Å²) < 4.78 is 0. The molecular formula is C31H37N5. The topological polar surface area (TPSA) is 53.1 Å². The Morgan fingerprint density at radius 1 is 0.722 bits per heavy atom. The largest absolute Gasteiger partial charge is 0.362 e. The maximum Gasteiger partial charge on any atom is 0.225 e. The van der Waals surface area contributed by atoms with Crippen molar-refractivity contribution in [2.45, 2.75) is 57.2 Å². The smallest absolute Gasteiger partial charge is 0.225 e. The predicted molar refractivity (Wildman–Crippen MR) is 151 cm³/mol. The molecule has 0 aliphatic heterocycles. The Hall–Kier alpha value is -3.44. The highest BCUT2D eigenvalue weighted by Crippen LogP contribution is 2.26. The Bertz CT molecular complexity index is 1260. The molecule has 3 aromatic carbocycles. The van der Waals surface area contributed by atoms with Crippen molar-refractivity contribution < 1.29 is 0 Å². The summed E-state index contributed by atoms with van der Waals surface area (Å²) in [5, 5.41) is 8.56. The molecule has 0 bridgehead atoms. The van der Waals surface area contributed by atoms with E-state index in [4.69, 9.17) is 9.97 Å². The number of nitrogens with zero attached hydrogens (tertiary/aromatic N) is 3. The quantitative estimate of drug-likeness (QED) is 0.309. The number of hydrogen-bond acceptors (Lipinski definition) is 5. The van der Waals surface area contributed by atoms with Gasteiger partial charge in [-0.3, -0.25) is 0 Å². The number of rotatable bonds is 9. The summed E-state index contributed by atoms with van der Waals surface area (Å²) in [6.07, 6.45) is 6.75. The van der Waals surface area contributed by atoms with Gasteiger partial charge in [0.05, 0.1) is 5.52 Å². The zero-order valence-corrected chi connectivity index (χ0v) is 21.5. The van der Waals surface area contributed by atoms with Crippen LogP contribution < -0.4 is 15.5 Å². The number of para-hydroxylation sites is 1. The highest BCUT2D eigenvalue weighted by molar-refractivity contribution is 5.90. The van der Waals surface area contributed by atoms with Gasteiger partial charge >= 0.3 is 0 Å². The molecule has 2 N–H and O–H groups in total. The van der Waals surface area contributed by atoms with E-state index in [1.54, 1.807) is 0 Å². The third-order valence-corrected chi connectivity index (χ3v) is 7.29. The van der Waals surface area contributed by atoms with Crippen LogP contribution in [0.2, 0.25) is 0 Å². The molecule has 5 rings (SSSR count). The first-order valence-corrected chi connectivity index (χ1v) is 13.2. The van der Waals surface area contributed by atoms with Crippen molar-refractivity contribution >= 4 is 22.7 Å². The molecule has 5 heteroatoms. The van der Waals surface area contributed by atoms with Crippen molar-refractivity contribution in [3.8, 4) is 0 Å². The number of fused-ring (bicyclic) bond motifs is 1. The molecular weight excluding hydrogens is 442 g/mol. The summed E-state index contributed by atoms with van der Waals surface area (Å²) in [5.74, 6) is 1.70. The Morgan fingerprint density at radius 3 is 2.17 bits per heavy atom. The van der Waals surface area contributed by atoms with Gasteiger partial charge in [-0.15, -0.1) is 0 Å². The average molecular weight is 480 g/mol. The molecule has 0 spiro atoms. The van der Waals surface area contributed by atoms with Crippen molar-refractivity contribution in [2.75, 3.05) is 24.3 Å². The lowest BCUT2D eigenvalue weighted by molar-refractivity contribution is 0.352. The predicted octanol–water partition coefficient (Wildman–Crippen LogP) is 5.99. The van der Waals surface area contributed by atoms with Crippen LogP contribution in [-0.4, -0.2) is 36.1 Å². The van der Waals surface area contributed by atoms with Crippen LogP contribution in [0.5, 0.6) is 0 Å². The van der Waals surface area contributed by atoms with E-state index in [1.807, 2.05) is 26.2 Å². The molecule has 1 aliphatic rings. The molecule has 0 unspecified atom stereocenters. The molecule has 0 radical (unpaired) electrons. The van der Waals surface area contributed by atoms with E-state index < -0.39 is 0 Å². The van der Waals surface area contributed by atoms with Crippen LogP contribution in [0.15, 0.2) is 78.9 Å². The number of hydrogen-bond donors (Lipinski definition) is 2. The second-order valence-electron chi connectivity index (χ2n) is 10.1. The molecule has 0 atom stereocenters. The van der Waals surface area contributed by atoms with Crippen LogP contribution >= 0.6 is 0 Å². The van der Waals surface area contributed by atoms with E-state index in [-0.39, 0.29) is 0 Å². The van der Waals surface area contributed by atoms with Gasteiger partial charge in [0.25, 0.3) is 0 Å². The lowest BCUT2D eigenvalue weighted by Gasteiger charge is -2.30. The van der Waals surface area contributed by atoms with Crippen LogP contribution in [0.4, 0.5) is 11.8 Å². The molecule has 5 nitrogen and oxygen atoms in total. The first-order chi connectivity index (χ1) is 17.7. The van der Waals surface area contributed by atoms with Gasteiger partial charge in [-0.2, -0.15) is 4.98 Å². The van der Waals surface area contributed by atoms with Crippen LogP contribution in [0.3, 0.4) is 0 Å². The summed E-state index contributed by atoms with van der Waals surface area (Å²) in [5.41, 5.74) is 5.27. The van der Waals surface area contributed by atoms with E-state index in [1.165, 1.54) is 16.7 Å². The first-order valence-electron chi connectivity index (χ1n) is 13.2. The van der Waals surface area contributed by atoms with Gasteiger partial charge in [-0.05, 0) is 67.3 Å². The van der Waals surface area contributed by atoms with E-state index in [0.29, 0.717) is 12.1 Å². The molecule has 1 aromatic heterocycles. The van der Waals surface area contributed by atoms with Crippen molar-refractivity contribution in [1.29, 1.82) is 0 Å². The van der Waals surface area contributed by atoms with E-state index in [9.17, 15) is 0 Å². The highest BCUT2D eigenvalue weighted by Gasteiger charge is 2.22. The van der Waals surface area contributed by atoms with Gasteiger partial charge in [0.1, 0.15) is 5.82 Å². The second-order valence-corrected chi connectivity index (χ2v) is 10.1. The third-order valence-electron chi connectivity index (χ3n) is 7.29. The summed E-state index contributed by atoms with van der Waals surface area (Å²) in [7, 11) is 4.07. The molecule has 0 amide bonds. The molecule has 0 saturated heterocycles. The normalized spacial score (nSPS) is 17.7. The van der Waals surface area contributed by atoms with Gasteiger partial charge in [0.15, 0.2) is 0 Å². The summed E-state index contributed by atoms with van der Waals surface area (Å²) in [6, 6.07) is 28.9. The summed E-state index contributed by atoms with van der Waals surface area (Å²) in [6.45, 7) is 0.938. The number of aromatic nitrogens is 2. The number of anilines is 2. The van der Waals surface area contributed by atoms with Crippen molar-refractivity contribution in [3.63, 3.8) is 0 Å². The SMILES string of the molecule is CN(C)c1nc(N[C@H]2CC[C@@H](NCc3ccccc3CCc3ccccc3)CC2)nc2ccccc12. The number of benzene rings is 3. The van der Waals surface area contributed by atoms with Gasteiger partial charge in [0.2, 0.25) is 5.95 Å². The van der Waals surface area contributed by atoms with Gasteiger partial charge in [0, 0.05) is 38.1 Å². The molecule has 36 heavy (non-hydrogen) atoms. The fourth-order valence-electron chi connectivity index (χ4n) is 5.24. The standard InChI is InChI=1S/C31H37N5/c1-36(2)30-28-14-8-9-15-29(28)34-31(35-30)33-27-20-18-26(19-21-27)32-22-25-13-7-6-12-24(25)17-16-23-10-4-3-5-11-23/h3-15,26-27,32H,16-22H2,1-2H3,(H,33,34,35)/t26-,27+. The minimum absolute atomic E-state index is 0.414. The van der Waals surface area contributed by atoms with Crippen molar-refractivity contribution in [1.82, 2.24) is 15.3 Å². The molecule has 4 aromatic rings. The van der Waals surface area contributed by atoms with Crippen LogP contribution in [0.25, 0.3) is 10.9 Å². The maximum absolute atomic E-state index is 4.83. The van der Waals surface area contributed by atoms with E-state index in [2.05, 4.69) is 82.3 Å².